The van der Waals surface area contributed by atoms with E-state index in [2.05, 4.69) is 4.98 Å². The topological polar surface area (TPSA) is 61.2 Å². The molecule has 0 radical (unpaired) electrons. The Hall–Kier alpha value is -2.47. The van der Waals surface area contributed by atoms with Crippen LogP contribution in [0.4, 0.5) is 0 Å². The van der Waals surface area contributed by atoms with Gasteiger partial charge < -0.3 is 4.74 Å². The van der Waals surface area contributed by atoms with Gasteiger partial charge in [0.15, 0.2) is 0 Å². The molecule has 0 aliphatic carbocycles. The number of thiophene rings is 1. The highest BCUT2D eigenvalue weighted by Gasteiger charge is 2.23. The lowest BCUT2D eigenvalue weighted by molar-refractivity contribution is -0.151. The zero-order valence-corrected chi connectivity index (χ0v) is 15.2. The van der Waals surface area contributed by atoms with Crippen molar-refractivity contribution in [3.05, 3.63) is 53.1 Å². The number of ether oxygens (including phenoxy) is 1. The maximum Gasteiger partial charge on any atom is 0.329 e. The van der Waals surface area contributed by atoms with Crippen molar-refractivity contribution in [3.8, 4) is 10.4 Å². The quantitative estimate of drug-likeness (QED) is 0.648. The fourth-order valence-corrected chi connectivity index (χ4v) is 3.69. The van der Waals surface area contributed by atoms with Crippen molar-refractivity contribution in [2.75, 3.05) is 0 Å². The van der Waals surface area contributed by atoms with E-state index in [1.54, 1.807) is 13.8 Å². The first kappa shape index (κ1) is 17.4. The van der Waals surface area contributed by atoms with E-state index < -0.39 is 12.0 Å². The molecule has 1 atom stereocenters. The second-order valence-electron chi connectivity index (χ2n) is 6.06. The van der Waals surface area contributed by atoms with Gasteiger partial charge in [-0.05, 0) is 31.9 Å². The van der Waals surface area contributed by atoms with Gasteiger partial charge in [0, 0.05) is 4.88 Å². The minimum absolute atomic E-state index is 0.212. The van der Waals surface area contributed by atoms with Gasteiger partial charge in [-0.15, -0.1) is 11.3 Å². The summed E-state index contributed by atoms with van der Waals surface area (Å²) in [6.07, 6.45) is 1.69. The molecule has 0 N–H and O–H groups in total. The molecule has 0 fully saturated rings. The van der Waals surface area contributed by atoms with E-state index in [-0.39, 0.29) is 11.7 Å². The predicted molar refractivity (Wildman–Crippen MR) is 99.9 cm³/mol. The largest absolute Gasteiger partial charge is 0.461 e. The zero-order valence-electron chi connectivity index (χ0n) is 14.4. The minimum atomic E-state index is -0.660. The summed E-state index contributed by atoms with van der Waals surface area (Å²) in [7, 11) is 0. The van der Waals surface area contributed by atoms with Crippen LogP contribution in [0.15, 0.2) is 47.5 Å². The number of carbonyl (C=O) groups excluding carboxylic acids is 1. The SMILES string of the molecule is CC[C@H](C(=O)OC(C)C)n1cnc2sc(-c3ccccc3)cc2c1=O. The number of hydrogen-bond acceptors (Lipinski definition) is 5. The molecule has 0 unspecified atom stereocenters. The Morgan fingerprint density at radius 1 is 1.28 bits per heavy atom. The van der Waals surface area contributed by atoms with Crippen LogP contribution in [0.25, 0.3) is 20.7 Å². The Morgan fingerprint density at radius 3 is 2.64 bits per heavy atom. The van der Waals surface area contributed by atoms with Crippen molar-refractivity contribution in [3.63, 3.8) is 0 Å². The van der Waals surface area contributed by atoms with E-state index in [1.165, 1.54) is 22.2 Å². The molecule has 2 aromatic heterocycles. The normalized spacial score (nSPS) is 12.5. The van der Waals surface area contributed by atoms with E-state index in [9.17, 15) is 9.59 Å². The lowest BCUT2D eigenvalue weighted by Gasteiger charge is -2.18. The maximum atomic E-state index is 12.9. The second-order valence-corrected chi connectivity index (χ2v) is 7.09. The fourth-order valence-electron chi connectivity index (χ4n) is 2.69. The first-order valence-corrected chi connectivity index (χ1v) is 9.09. The van der Waals surface area contributed by atoms with Gasteiger partial charge in [0.2, 0.25) is 0 Å². The zero-order chi connectivity index (χ0) is 18.0. The molecule has 3 aromatic rings. The van der Waals surface area contributed by atoms with Crippen molar-refractivity contribution >= 4 is 27.5 Å². The standard InChI is InChI=1S/C19H20N2O3S/c1-4-15(19(23)24-12(2)3)21-11-20-17-14(18(21)22)10-16(25-17)13-8-6-5-7-9-13/h5-12,15H,4H2,1-3H3/t15-/m1/s1. The Bertz CT molecular complexity index is 944. The molecule has 0 saturated carbocycles. The van der Waals surface area contributed by atoms with Gasteiger partial charge in [-0.25, -0.2) is 9.78 Å². The minimum Gasteiger partial charge on any atom is -0.461 e. The number of esters is 1. The van der Waals surface area contributed by atoms with Gasteiger partial charge >= 0.3 is 5.97 Å². The van der Waals surface area contributed by atoms with Gasteiger partial charge in [0.05, 0.1) is 17.8 Å². The van der Waals surface area contributed by atoms with Gasteiger partial charge in [-0.3, -0.25) is 9.36 Å². The van der Waals surface area contributed by atoms with E-state index >= 15 is 0 Å². The van der Waals surface area contributed by atoms with E-state index in [1.807, 2.05) is 43.3 Å². The van der Waals surface area contributed by atoms with Crippen LogP contribution < -0.4 is 5.56 Å². The number of aromatic nitrogens is 2. The molecule has 5 nitrogen and oxygen atoms in total. The average Bonchev–Trinajstić information content (AvgIpc) is 3.03. The number of carbonyl (C=O) groups is 1. The van der Waals surface area contributed by atoms with Gasteiger partial charge in [-0.1, -0.05) is 37.3 Å². The van der Waals surface area contributed by atoms with Gasteiger partial charge in [0.1, 0.15) is 10.9 Å². The highest BCUT2D eigenvalue weighted by Crippen LogP contribution is 2.30. The summed E-state index contributed by atoms with van der Waals surface area (Å²) < 4.78 is 6.66. The highest BCUT2D eigenvalue weighted by molar-refractivity contribution is 7.21. The molecule has 3 rings (SSSR count). The number of nitrogens with zero attached hydrogens (tertiary/aromatic N) is 2. The molecule has 1 aromatic carbocycles. The summed E-state index contributed by atoms with van der Waals surface area (Å²) in [5.41, 5.74) is 0.832. The number of hydrogen-bond donors (Lipinski definition) is 0. The molecule has 0 aliphatic rings. The molecule has 0 saturated heterocycles. The Labute approximate surface area is 149 Å². The molecule has 0 bridgehead atoms. The maximum absolute atomic E-state index is 12.9. The summed E-state index contributed by atoms with van der Waals surface area (Å²) in [5.74, 6) is -0.403. The van der Waals surface area contributed by atoms with Crippen LogP contribution in [0.2, 0.25) is 0 Å². The molecule has 6 heteroatoms. The Balaban J connectivity index is 2.05. The molecule has 0 spiro atoms. The molecule has 25 heavy (non-hydrogen) atoms. The Morgan fingerprint density at radius 2 is 2.00 bits per heavy atom. The van der Waals surface area contributed by atoms with Crippen molar-refractivity contribution in [1.29, 1.82) is 0 Å². The summed E-state index contributed by atoms with van der Waals surface area (Å²) in [4.78, 5) is 31.2. The molecule has 0 aliphatic heterocycles. The molecule has 0 amide bonds. The van der Waals surface area contributed by atoms with Crippen LogP contribution in [-0.4, -0.2) is 21.6 Å². The molecule has 2 heterocycles. The van der Waals surface area contributed by atoms with Gasteiger partial charge in [-0.2, -0.15) is 0 Å². The van der Waals surface area contributed by atoms with Crippen molar-refractivity contribution in [2.45, 2.75) is 39.3 Å². The van der Waals surface area contributed by atoms with Crippen molar-refractivity contribution in [2.24, 2.45) is 0 Å². The summed E-state index contributed by atoms with van der Waals surface area (Å²) in [6.45, 7) is 5.44. The second kappa shape index (κ2) is 7.19. The third-order valence-corrected chi connectivity index (χ3v) is 4.97. The average molecular weight is 356 g/mol. The fraction of sp³-hybridized carbons (Fsp3) is 0.316. The van der Waals surface area contributed by atoms with E-state index in [0.29, 0.717) is 16.6 Å². The Kier molecular flexibility index (Phi) is 4.99. The molecular weight excluding hydrogens is 336 g/mol. The van der Waals surface area contributed by atoms with E-state index in [4.69, 9.17) is 4.74 Å². The van der Waals surface area contributed by atoms with E-state index in [0.717, 1.165) is 10.4 Å². The summed E-state index contributed by atoms with van der Waals surface area (Å²) in [6, 6.07) is 11.1. The number of fused-ring (bicyclic) bond motifs is 1. The lowest BCUT2D eigenvalue weighted by Crippen LogP contribution is -2.31. The molecular formula is C19H20N2O3S. The first-order valence-electron chi connectivity index (χ1n) is 8.27. The van der Waals surface area contributed by atoms with Crippen molar-refractivity contribution < 1.29 is 9.53 Å². The van der Waals surface area contributed by atoms with Crippen LogP contribution in [0, 0.1) is 0 Å². The predicted octanol–water partition coefficient (Wildman–Crippen LogP) is 4.03. The number of benzene rings is 1. The summed E-state index contributed by atoms with van der Waals surface area (Å²) >= 11 is 1.47. The van der Waals surface area contributed by atoms with Crippen LogP contribution >= 0.6 is 11.3 Å². The van der Waals surface area contributed by atoms with Crippen LogP contribution in [-0.2, 0) is 9.53 Å². The van der Waals surface area contributed by atoms with Crippen LogP contribution in [0.3, 0.4) is 0 Å². The van der Waals surface area contributed by atoms with Crippen LogP contribution in [0.1, 0.15) is 33.2 Å². The van der Waals surface area contributed by atoms with Crippen molar-refractivity contribution in [1.82, 2.24) is 9.55 Å². The molecule has 130 valence electrons. The first-order chi connectivity index (χ1) is 12.0. The number of rotatable bonds is 5. The third kappa shape index (κ3) is 3.49. The van der Waals surface area contributed by atoms with Gasteiger partial charge in [0.25, 0.3) is 5.56 Å². The summed E-state index contributed by atoms with van der Waals surface area (Å²) in [5, 5.41) is 0.530. The monoisotopic (exact) mass is 356 g/mol. The smallest absolute Gasteiger partial charge is 0.329 e. The van der Waals surface area contributed by atoms with Crippen LogP contribution in [0.5, 0.6) is 0 Å². The highest BCUT2D eigenvalue weighted by atomic mass is 32.1. The third-order valence-electron chi connectivity index (χ3n) is 3.88. The lowest BCUT2D eigenvalue weighted by atomic mass is 10.2.